The molecule has 0 saturated heterocycles. The third-order valence-electron chi connectivity index (χ3n) is 3.52. The van der Waals surface area contributed by atoms with Crippen molar-refractivity contribution in [1.82, 2.24) is 15.5 Å². The quantitative estimate of drug-likeness (QED) is 0.625. The van der Waals surface area contributed by atoms with E-state index < -0.39 is 0 Å². The second kappa shape index (κ2) is 9.42. The molecule has 132 valence electrons. The van der Waals surface area contributed by atoms with Gasteiger partial charge in [0.1, 0.15) is 5.82 Å². The topological polar surface area (TPSA) is 56.7 Å². The number of guanidine groups is 1. The van der Waals surface area contributed by atoms with Gasteiger partial charge in [-0.05, 0) is 23.3 Å². The first kappa shape index (κ1) is 18.4. The lowest BCUT2D eigenvalue weighted by Gasteiger charge is -2.15. The Morgan fingerprint density at radius 1 is 1.04 bits per heavy atom. The van der Waals surface area contributed by atoms with Crippen molar-refractivity contribution in [2.24, 2.45) is 4.99 Å². The van der Waals surface area contributed by atoms with Crippen LogP contribution in [-0.4, -0.2) is 37.4 Å². The predicted octanol–water partition coefficient (Wildman–Crippen LogP) is 2.15. The van der Waals surface area contributed by atoms with E-state index in [-0.39, 0.29) is 18.3 Å². The number of benzene rings is 2. The SMILES string of the molecule is CN(C)C(=O)CNC(=NCc1cccc(F)c1)NCc1ccccc1. The fourth-order valence-corrected chi connectivity index (χ4v) is 2.08. The Kier molecular flexibility index (Phi) is 6.95. The second-order valence-corrected chi connectivity index (χ2v) is 5.78. The molecule has 0 saturated carbocycles. The molecule has 0 fully saturated rings. The van der Waals surface area contributed by atoms with Gasteiger partial charge in [-0.25, -0.2) is 9.38 Å². The number of halogens is 1. The molecule has 0 atom stereocenters. The number of likely N-dealkylation sites (N-methyl/N-ethyl adjacent to an activating group) is 1. The number of hydrogen-bond acceptors (Lipinski definition) is 2. The number of carbonyl (C=O) groups is 1. The minimum atomic E-state index is -0.290. The molecule has 2 rings (SSSR count). The van der Waals surface area contributed by atoms with Crippen molar-refractivity contribution in [3.63, 3.8) is 0 Å². The smallest absolute Gasteiger partial charge is 0.241 e. The molecule has 2 aromatic rings. The average molecular weight is 342 g/mol. The van der Waals surface area contributed by atoms with Gasteiger partial charge in [0, 0.05) is 20.6 Å². The number of carbonyl (C=O) groups excluding carboxylic acids is 1. The standard InChI is InChI=1S/C19H23FN4O/c1-24(2)18(25)14-23-19(21-12-15-7-4-3-5-8-15)22-13-16-9-6-10-17(20)11-16/h3-11H,12-14H2,1-2H3,(H2,21,22,23). The molecule has 5 nitrogen and oxygen atoms in total. The molecule has 2 aromatic carbocycles. The first-order valence-electron chi connectivity index (χ1n) is 8.05. The summed E-state index contributed by atoms with van der Waals surface area (Å²) in [5.41, 5.74) is 1.86. The summed E-state index contributed by atoms with van der Waals surface area (Å²) in [6.07, 6.45) is 0. The summed E-state index contributed by atoms with van der Waals surface area (Å²) in [5, 5.41) is 6.20. The molecule has 0 unspecified atom stereocenters. The van der Waals surface area contributed by atoms with Crippen molar-refractivity contribution in [3.05, 3.63) is 71.5 Å². The maximum Gasteiger partial charge on any atom is 0.241 e. The number of amides is 1. The lowest BCUT2D eigenvalue weighted by Crippen LogP contribution is -2.42. The maximum atomic E-state index is 13.3. The van der Waals surface area contributed by atoms with E-state index in [1.54, 1.807) is 20.2 Å². The zero-order valence-corrected chi connectivity index (χ0v) is 14.5. The van der Waals surface area contributed by atoms with E-state index in [9.17, 15) is 9.18 Å². The third kappa shape index (κ3) is 6.63. The number of nitrogens with one attached hydrogen (secondary N) is 2. The fraction of sp³-hybridized carbons (Fsp3) is 0.263. The molecule has 0 aromatic heterocycles. The van der Waals surface area contributed by atoms with E-state index in [4.69, 9.17) is 0 Å². The molecular formula is C19H23FN4O. The normalized spacial score (nSPS) is 11.1. The van der Waals surface area contributed by atoms with E-state index in [1.165, 1.54) is 17.0 Å². The molecule has 0 aliphatic rings. The van der Waals surface area contributed by atoms with Crippen molar-refractivity contribution in [1.29, 1.82) is 0 Å². The van der Waals surface area contributed by atoms with Crippen molar-refractivity contribution in [2.45, 2.75) is 13.1 Å². The average Bonchev–Trinajstić information content (AvgIpc) is 2.61. The molecule has 0 radical (unpaired) electrons. The minimum Gasteiger partial charge on any atom is -0.352 e. The largest absolute Gasteiger partial charge is 0.352 e. The summed E-state index contributed by atoms with van der Waals surface area (Å²) in [4.78, 5) is 17.7. The van der Waals surface area contributed by atoms with Crippen LogP contribution >= 0.6 is 0 Å². The Labute approximate surface area is 147 Å². The third-order valence-corrected chi connectivity index (χ3v) is 3.52. The number of nitrogens with zero attached hydrogens (tertiary/aromatic N) is 2. The summed E-state index contributed by atoms with van der Waals surface area (Å²) in [6.45, 7) is 1.03. The predicted molar refractivity (Wildman–Crippen MR) is 97.5 cm³/mol. The van der Waals surface area contributed by atoms with Gasteiger partial charge in [-0.3, -0.25) is 4.79 Å². The van der Waals surface area contributed by atoms with Crippen molar-refractivity contribution < 1.29 is 9.18 Å². The highest BCUT2D eigenvalue weighted by Gasteiger charge is 2.06. The second-order valence-electron chi connectivity index (χ2n) is 5.78. The molecule has 0 heterocycles. The van der Waals surface area contributed by atoms with E-state index >= 15 is 0 Å². The summed E-state index contributed by atoms with van der Waals surface area (Å²) in [7, 11) is 3.40. The first-order valence-corrected chi connectivity index (χ1v) is 8.05. The fourth-order valence-electron chi connectivity index (χ4n) is 2.08. The lowest BCUT2D eigenvalue weighted by atomic mass is 10.2. The van der Waals surface area contributed by atoms with Gasteiger partial charge >= 0.3 is 0 Å². The molecule has 25 heavy (non-hydrogen) atoms. The van der Waals surface area contributed by atoms with Crippen LogP contribution in [-0.2, 0) is 17.9 Å². The highest BCUT2D eigenvalue weighted by Crippen LogP contribution is 2.05. The zero-order chi connectivity index (χ0) is 18.1. The Balaban J connectivity index is 2.01. The molecular weight excluding hydrogens is 319 g/mol. The molecule has 1 amide bonds. The van der Waals surface area contributed by atoms with Crippen LogP contribution in [0.25, 0.3) is 0 Å². The molecule has 0 spiro atoms. The number of aliphatic imine (C=N–C) groups is 1. The molecule has 2 N–H and O–H groups in total. The van der Waals surface area contributed by atoms with Gasteiger partial charge in [-0.1, -0.05) is 42.5 Å². The summed E-state index contributed by atoms with van der Waals surface area (Å²) in [5.74, 6) is 0.158. The number of rotatable bonds is 6. The Morgan fingerprint density at radius 2 is 1.76 bits per heavy atom. The first-order chi connectivity index (χ1) is 12.0. The minimum absolute atomic E-state index is 0.0556. The molecule has 0 aliphatic carbocycles. The van der Waals surface area contributed by atoms with Crippen molar-refractivity contribution in [3.8, 4) is 0 Å². The molecule has 0 bridgehead atoms. The van der Waals surface area contributed by atoms with Gasteiger partial charge in [0.25, 0.3) is 0 Å². The van der Waals surface area contributed by atoms with Crippen LogP contribution in [0, 0.1) is 5.82 Å². The van der Waals surface area contributed by atoms with E-state index in [1.807, 2.05) is 36.4 Å². The van der Waals surface area contributed by atoms with Gasteiger partial charge in [0.15, 0.2) is 5.96 Å². The summed E-state index contributed by atoms with van der Waals surface area (Å²) in [6, 6.07) is 16.2. The molecule has 0 aliphatic heterocycles. The van der Waals surface area contributed by atoms with Crippen LogP contribution in [0.15, 0.2) is 59.6 Å². The van der Waals surface area contributed by atoms with Crippen molar-refractivity contribution in [2.75, 3.05) is 20.6 Å². The van der Waals surface area contributed by atoms with Gasteiger partial charge in [0.2, 0.25) is 5.91 Å². The number of hydrogen-bond donors (Lipinski definition) is 2. The van der Waals surface area contributed by atoms with Gasteiger partial charge < -0.3 is 15.5 Å². The summed E-state index contributed by atoms with van der Waals surface area (Å²) < 4.78 is 13.3. The highest BCUT2D eigenvalue weighted by atomic mass is 19.1. The molecule has 6 heteroatoms. The highest BCUT2D eigenvalue weighted by molar-refractivity contribution is 5.86. The van der Waals surface area contributed by atoms with Gasteiger partial charge in [-0.2, -0.15) is 0 Å². The van der Waals surface area contributed by atoms with Gasteiger partial charge in [0.05, 0.1) is 13.1 Å². The van der Waals surface area contributed by atoms with Crippen LogP contribution in [0.5, 0.6) is 0 Å². The van der Waals surface area contributed by atoms with E-state index in [0.717, 1.165) is 11.1 Å². The van der Waals surface area contributed by atoms with Crippen LogP contribution < -0.4 is 10.6 Å². The van der Waals surface area contributed by atoms with Crippen LogP contribution in [0.2, 0.25) is 0 Å². The van der Waals surface area contributed by atoms with Crippen LogP contribution in [0.1, 0.15) is 11.1 Å². The van der Waals surface area contributed by atoms with E-state index in [2.05, 4.69) is 15.6 Å². The van der Waals surface area contributed by atoms with Crippen LogP contribution in [0.4, 0.5) is 4.39 Å². The van der Waals surface area contributed by atoms with Gasteiger partial charge in [-0.15, -0.1) is 0 Å². The lowest BCUT2D eigenvalue weighted by molar-refractivity contribution is -0.127. The van der Waals surface area contributed by atoms with Crippen LogP contribution in [0.3, 0.4) is 0 Å². The maximum absolute atomic E-state index is 13.3. The van der Waals surface area contributed by atoms with Crippen molar-refractivity contribution >= 4 is 11.9 Å². The summed E-state index contributed by atoms with van der Waals surface area (Å²) >= 11 is 0. The Morgan fingerprint density at radius 3 is 2.44 bits per heavy atom. The zero-order valence-electron chi connectivity index (χ0n) is 14.5. The Hall–Kier alpha value is -2.89. The Bertz CT molecular complexity index is 716. The monoisotopic (exact) mass is 342 g/mol. The van der Waals surface area contributed by atoms with E-state index in [0.29, 0.717) is 19.0 Å².